The molecule has 5 nitrogen and oxygen atoms in total. The minimum Gasteiger partial charge on any atom is -0.372 e. The molecular weight excluding hydrogens is 358 g/mol. The third-order valence-electron chi connectivity index (χ3n) is 6.00. The van der Waals surface area contributed by atoms with Crippen LogP contribution < -0.4 is 9.80 Å². The van der Waals surface area contributed by atoms with Gasteiger partial charge >= 0.3 is 0 Å². The van der Waals surface area contributed by atoms with Gasteiger partial charge in [-0.05, 0) is 55.7 Å². The molecule has 2 aliphatic heterocycles. The predicted octanol–water partition coefficient (Wildman–Crippen LogP) is 4.81. The fourth-order valence-electron chi connectivity index (χ4n) is 4.44. The lowest BCUT2D eigenvalue weighted by atomic mass is 9.79. The fourth-order valence-corrected chi connectivity index (χ4v) is 4.65. The Morgan fingerprint density at radius 3 is 2.07 bits per heavy atom. The average Bonchev–Trinajstić information content (AvgIpc) is 2.74. The standard InChI is InChI=1S/C21H24ClN5/c1-23-20-4-3-18(15-19(20)22)26-11-5-16(6-12-26)17-7-13-27(14-8-17)21-24-9-2-10-25-21/h2-4,9-10,15-17H,5-8,11-14H2. The summed E-state index contributed by atoms with van der Waals surface area (Å²) in [5, 5.41) is 0.556. The van der Waals surface area contributed by atoms with Crippen LogP contribution in [0.25, 0.3) is 4.85 Å². The van der Waals surface area contributed by atoms with E-state index in [1.807, 2.05) is 36.7 Å². The van der Waals surface area contributed by atoms with Gasteiger partial charge in [0.15, 0.2) is 0 Å². The molecule has 0 saturated carbocycles. The van der Waals surface area contributed by atoms with E-state index in [2.05, 4.69) is 24.6 Å². The van der Waals surface area contributed by atoms with Crippen LogP contribution in [0.5, 0.6) is 0 Å². The van der Waals surface area contributed by atoms with Gasteiger partial charge in [0.2, 0.25) is 11.6 Å². The van der Waals surface area contributed by atoms with Crippen LogP contribution in [0.15, 0.2) is 36.7 Å². The van der Waals surface area contributed by atoms with Crippen molar-refractivity contribution in [3.63, 3.8) is 0 Å². The maximum atomic E-state index is 7.12. The van der Waals surface area contributed by atoms with E-state index in [4.69, 9.17) is 18.2 Å². The normalized spacial score (nSPS) is 19.1. The van der Waals surface area contributed by atoms with Crippen molar-refractivity contribution in [1.29, 1.82) is 0 Å². The molecule has 0 amide bonds. The molecule has 0 bridgehead atoms. The lowest BCUT2D eigenvalue weighted by molar-refractivity contribution is 0.232. The first-order valence-electron chi connectivity index (χ1n) is 9.68. The maximum absolute atomic E-state index is 7.12. The summed E-state index contributed by atoms with van der Waals surface area (Å²) >= 11 is 6.21. The summed E-state index contributed by atoms with van der Waals surface area (Å²) in [6.45, 7) is 11.4. The Balaban J connectivity index is 1.30. The van der Waals surface area contributed by atoms with E-state index in [1.54, 1.807) is 0 Å². The SMILES string of the molecule is [C-]#[N+]c1ccc(N2CCC(C3CCN(c4ncccn4)CC3)CC2)cc1Cl. The Labute approximate surface area is 165 Å². The Kier molecular flexibility index (Phi) is 5.45. The maximum Gasteiger partial charge on any atom is 0.225 e. The number of nitrogens with zero attached hydrogens (tertiary/aromatic N) is 5. The molecule has 1 aromatic carbocycles. The number of halogens is 1. The van der Waals surface area contributed by atoms with E-state index in [0.717, 1.165) is 49.7 Å². The lowest BCUT2D eigenvalue weighted by Crippen LogP contribution is -2.41. The molecule has 4 rings (SSSR count). The van der Waals surface area contributed by atoms with Crippen molar-refractivity contribution in [2.24, 2.45) is 11.8 Å². The second-order valence-corrected chi connectivity index (χ2v) is 7.85. The summed E-state index contributed by atoms with van der Waals surface area (Å²) < 4.78 is 0. The zero-order valence-electron chi connectivity index (χ0n) is 15.4. The Morgan fingerprint density at radius 2 is 1.52 bits per heavy atom. The molecule has 1 aromatic heterocycles. The molecule has 140 valence electrons. The highest BCUT2D eigenvalue weighted by Crippen LogP contribution is 2.36. The van der Waals surface area contributed by atoms with Crippen molar-refractivity contribution in [2.75, 3.05) is 36.0 Å². The van der Waals surface area contributed by atoms with Crippen molar-refractivity contribution in [2.45, 2.75) is 25.7 Å². The number of rotatable bonds is 3. The number of hydrogen-bond donors (Lipinski definition) is 0. The zero-order chi connectivity index (χ0) is 18.6. The second-order valence-electron chi connectivity index (χ2n) is 7.45. The topological polar surface area (TPSA) is 36.6 Å². The van der Waals surface area contributed by atoms with E-state index in [9.17, 15) is 0 Å². The Hall–Kier alpha value is -2.32. The monoisotopic (exact) mass is 381 g/mol. The summed E-state index contributed by atoms with van der Waals surface area (Å²) in [6, 6.07) is 7.66. The summed E-state index contributed by atoms with van der Waals surface area (Å²) in [5.74, 6) is 2.48. The lowest BCUT2D eigenvalue weighted by Gasteiger charge is -2.41. The van der Waals surface area contributed by atoms with Crippen LogP contribution >= 0.6 is 11.6 Å². The van der Waals surface area contributed by atoms with Gasteiger partial charge in [0.25, 0.3) is 0 Å². The molecule has 0 spiro atoms. The molecule has 0 unspecified atom stereocenters. The van der Waals surface area contributed by atoms with E-state index >= 15 is 0 Å². The van der Waals surface area contributed by atoms with Crippen molar-refractivity contribution < 1.29 is 0 Å². The van der Waals surface area contributed by atoms with Crippen LogP contribution in [0.1, 0.15) is 25.7 Å². The number of piperidine rings is 2. The van der Waals surface area contributed by atoms with Crippen LogP contribution in [-0.2, 0) is 0 Å². The van der Waals surface area contributed by atoms with Gasteiger partial charge in [-0.15, -0.1) is 0 Å². The predicted molar refractivity (Wildman–Crippen MR) is 110 cm³/mol. The molecular formula is C21H24ClN5. The zero-order valence-corrected chi connectivity index (χ0v) is 16.1. The van der Waals surface area contributed by atoms with Crippen LogP contribution in [-0.4, -0.2) is 36.1 Å². The first kappa shape index (κ1) is 18.1. The Bertz CT molecular complexity index is 803. The van der Waals surface area contributed by atoms with Gasteiger partial charge in [-0.2, -0.15) is 0 Å². The molecule has 0 N–H and O–H groups in total. The largest absolute Gasteiger partial charge is 0.372 e. The summed E-state index contributed by atoms with van der Waals surface area (Å²) in [7, 11) is 0. The smallest absolute Gasteiger partial charge is 0.225 e. The molecule has 0 aliphatic carbocycles. The van der Waals surface area contributed by atoms with E-state index in [0.29, 0.717) is 10.7 Å². The minimum atomic E-state index is 0.532. The molecule has 0 radical (unpaired) electrons. The third-order valence-corrected chi connectivity index (χ3v) is 6.30. The molecule has 2 aromatic rings. The first-order chi connectivity index (χ1) is 13.2. The average molecular weight is 382 g/mol. The van der Waals surface area contributed by atoms with E-state index < -0.39 is 0 Å². The summed E-state index contributed by atoms with van der Waals surface area (Å²) in [5.41, 5.74) is 1.67. The first-order valence-corrected chi connectivity index (χ1v) is 10.1. The van der Waals surface area contributed by atoms with Crippen molar-refractivity contribution in [1.82, 2.24) is 9.97 Å². The van der Waals surface area contributed by atoms with Gasteiger partial charge in [0.05, 0.1) is 6.57 Å². The van der Waals surface area contributed by atoms with Crippen LogP contribution in [0.2, 0.25) is 5.02 Å². The molecule has 6 heteroatoms. The minimum absolute atomic E-state index is 0.532. The van der Waals surface area contributed by atoms with Gasteiger partial charge in [0, 0.05) is 49.3 Å². The molecule has 2 aliphatic rings. The number of hydrogen-bond acceptors (Lipinski definition) is 4. The van der Waals surface area contributed by atoms with Crippen molar-refractivity contribution >= 4 is 28.9 Å². The van der Waals surface area contributed by atoms with Crippen LogP contribution in [0.3, 0.4) is 0 Å². The van der Waals surface area contributed by atoms with Crippen molar-refractivity contribution in [3.05, 3.63) is 53.1 Å². The van der Waals surface area contributed by atoms with Crippen molar-refractivity contribution in [3.8, 4) is 0 Å². The molecule has 27 heavy (non-hydrogen) atoms. The van der Waals surface area contributed by atoms with Gasteiger partial charge in [-0.25, -0.2) is 14.8 Å². The quantitative estimate of drug-likeness (QED) is 0.714. The van der Waals surface area contributed by atoms with Gasteiger partial charge in [-0.3, -0.25) is 0 Å². The number of anilines is 2. The number of aromatic nitrogens is 2. The second kappa shape index (κ2) is 8.14. The highest BCUT2D eigenvalue weighted by molar-refractivity contribution is 6.33. The highest BCUT2D eigenvalue weighted by atomic mass is 35.5. The van der Waals surface area contributed by atoms with E-state index in [-0.39, 0.29) is 0 Å². The summed E-state index contributed by atoms with van der Waals surface area (Å²) in [6.07, 6.45) is 8.56. The molecule has 2 saturated heterocycles. The molecule has 3 heterocycles. The highest BCUT2D eigenvalue weighted by Gasteiger charge is 2.30. The summed E-state index contributed by atoms with van der Waals surface area (Å²) in [4.78, 5) is 16.9. The Morgan fingerprint density at radius 1 is 0.926 bits per heavy atom. The van der Waals surface area contributed by atoms with Gasteiger partial charge in [0.1, 0.15) is 0 Å². The third kappa shape index (κ3) is 4.01. The number of benzene rings is 1. The van der Waals surface area contributed by atoms with E-state index in [1.165, 1.54) is 25.7 Å². The van der Waals surface area contributed by atoms with Gasteiger partial charge in [-0.1, -0.05) is 17.7 Å². The van der Waals surface area contributed by atoms with Crippen LogP contribution in [0, 0.1) is 18.4 Å². The molecule has 2 fully saturated rings. The van der Waals surface area contributed by atoms with Crippen LogP contribution in [0.4, 0.5) is 17.3 Å². The fraction of sp³-hybridized carbons (Fsp3) is 0.476. The molecule has 0 atom stereocenters. The van der Waals surface area contributed by atoms with Gasteiger partial charge < -0.3 is 9.80 Å².